The summed E-state index contributed by atoms with van der Waals surface area (Å²) in [6, 6.07) is 13.6. The van der Waals surface area contributed by atoms with E-state index in [-0.39, 0.29) is 48.4 Å². The summed E-state index contributed by atoms with van der Waals surface area (Å²) < 4.78 is 59.5. The van der Waals surface area contributed by atoms with Gasteiger partial charge < -0.3 is 19.3 Å². The number of halogens is 3. The maximum Gasteiger partial charge on any atom is 0.329 e. The number of piperidine rings is 1. The highest BCUT2D eigenvalue weighted by molar-refractivity contribution is 7.98. The molecule has 5 heterocycles. The molecule has 4 fully saturated rings. The molecule has 1 saturated carbocycles. The summed E-state index contributed by atoms with van der Waals surface area (Å²) in [7, 11) is 3.49. The van der Waals surface area contributed by atoms with Gasteiger partial charge in [0.15, 0.2) is 17.4 Å². The fraction of sp³-hybridized carbons (Fsp3) is 0.455. The number of aliphatic hydroxyl groups excluding tert-OH is 1. The van der Waals surface area contributed by atoms with Gasteiger partial charge in [0.25, 0.3) is 0 Å². The number of rotatable bonds is 9. The number of nitriles is 1. The number of imide groups is 1. The average Bonchev–Trinajstić information content (AvgIpc) is 3.87. The predicted molar refractivity (Wildman–Crippen MR) is 234 cm³/mol. The van der Waals surface area contributed by atoms with E-state index in [1.807, 2.05) is 6.07 Å². The van der Waals surface area contributed by atoms with Gasteiger partial charge in [-0.2, -0.15) is 10.4 Å². The zero-order chi connectivity index (χ0) is 44.5. The van der Waals surface area contributed by atoms with E-state index in [1.165, 1.54) is 60.6 Å². The normalized spacial score (nSPS) is 19.9. The molecule has 0 bridgehead atoms. The molecule has 9 rings (SSSR count). The fourth-order valence-electron chi connectivity index (χ4n) is 8.37. The molecular weight excluding hydrogens is 838 g/mol. The van der Waals surface area contributed by atoms with Crippen LogP contribution >= 0.6 is 12.1 Å². The quantitative estimate of drug-likeness (QED) is 0.125. The van der Waals surface area contributed by atoms with Gasteiger partial charge in [-0.1, -0.05) is 12.8 Å². The number of likely N-dealkylation sites (N-methyl/N-ethyl adjacent to an activating group) is 1. The van der Waals surface area contributed by atoms with Crippen molar-refractivity contribution in [2.45, 2.75) is 75.6 Å². The van der Waals surface area contributed by atoms with Gasteiger partial charge in [0.05, 0.1) is 34.4 Å². The third-order valence-electron chi connectivity index (χ3n) is 11.7. The molecule has 5 aromatic rings. The van der Waals surface area contributed by atoms with Gasteiger partial charge in [-0.05, 0) is 88.0 Å². The second-order valence-electron chi connectivity index (χ2n) is 15.9. The lowest BCUT2D eigenvalue weighted by Gasteiger charge is -2.44. The number of aliphatic hydroxyl groups is 1. The molecule has 0 radical (unpaired) electrons. The molecule has 2 atom stereocenters. The van der Waals surface area contributed by atoms with Crippen molar-refractivity contribution in [1.29, 1.82) is 5.26 Å². The van der Waals surface area contributed by atoms with Crippen molar-refractivity contribution in [3.05, 3.63) is 78.1 Å². The fourth-order valence-corrected chi connectivity index (χ4v) is 8.96. The minimum Gasteiger partial charge on any atom is -0.453 e. The molecule has 3 N–H and O–H groups in total. The van der Waals surface area contributed by atoms with Crippen LogP contribution in [0, 0.1) is 23.0 Å². The van der Waals surface area contributed by atoms with Crippen LogP contribution in [-0.4, -0.2) is 110 Å². The van der Waals surface area contributed by atoms with Crippen LogP contribution < -0.4 is 19.7 Å². The molecule has 4 aliphatic rings. The molecule has 2 aromatic heterocycles. The Morgan fingerprint density at radius 2 is 1.81 bits per heavy atom. The minimum absolute atomic E-state index is 0.00107. The Morgan fingerprint density at radius 3 is 2.52 bits per heavy atom. The first-order chi connectivity index (χ1) is 30.5. The van der Waals surface area contributed by atoms with Crippen molar-refractivity contribution in [3.8, 4) is 17.6 Å². The molecule has 1 spiro atoms. The number of anilines is 2. The molecule has 3 aliphatic heterocycles. The zero-order valence-electron chi connectivity index (χ0n) is 35.2. The second-order valence-corrected chi connectivity index (χ2v) is 16.9. The van der Waals surface area contributed by atoms with Crippen LogP contribution in [0.15, 0.2) is 60.9 Å². The lowest BCUT2D eigenvalue weighted by atomic mass is 9.85. The van der Waals surface area contributed by atoms with Crippen LogP contribution in [0.5, 0.6) is 11.5 Å². The van der Waals surface area contributed by atoms with Crippen molar-refractivity contribution < 1.29 is 37.3 Å². The topological polar surface area (TPSA) is 174 Å². The first kappa shape index (κ1) is 45.5. The smallest absolute Gasteiger partial charge is 0.329 e. The predicted octanol–water partition coefficient (Wildman–Crippen LogP) is 7.40. The van der Waals surface area contributed by atoms with Crippen molar-refractivity contribution >= 4 is 57.5 Å². The molecule has 1 aliphatic carbocycles. The molecule has 19 heteroatoms. The Morgan fingerprint density at radius 1 is 1.03 bits per heavy atom. The van der Waals surface area contributed by atoms with Gasteiger partial charge in [-0.15, -0.1) is 0 Å². The van der Waals surface area contributed by atoms with Crippen molar-refractivity contribution in [2.75, 3.05) is 56.1 Å². The highest BCUT2D eigenvalue weighted by Crippen LogP contribution is 2.38. The third-order valence-corrected chi connectivity index (χ3v) is 12.5. The van der Waals surface area contributed by atoms with Gasteiger partial charge in [0, 0.05) is 88.3 Å². The van der Waals surface area contributed by atoms with E-state index < -0.39 is 23.8 Å². The lowest BCUT2D eigenvalue weighted by Crippen LogP contribution is -2.51. The van der Waals surface area contributed by atoms with Gasteiger partial charge in [0.2, 0.25) is 5.91 Å². The molecule has 63 heavy (non-hydrogen) atoms. The average molecular weight is 889 g/mol. The van der Waals surface area contributed by atoms with Crippen LogP contribution in [0.3, 0.4) is 0 Å². The Kier molecular flexibility index (Phi) is 15.0. The van der Waals surface area contributed by atoms with Crippen molar-refractivity contribution in [3.63, 3.8) is 0 Å². The summed E-state index contributed by atoms with van der Waals surface area (Å²) in [6.45, 7) is 3.71. The zero-order valence-corrected chi connectivity index (χ0v) is 36.1. The molecule has 3 saturated heterocycles. The Bertz CT molecular complexity index is 2440. The van der Waals surface area contributed by atoms with Crippen LogP contribution in [-0.2, 0) is 16.6 Å². The number of likely N-dealkylation sites (tertiary alicyclic amines) is 1. The summed E-state index contributed by atoms with van der Waals surface area (Å²) in [5.41, 5.74) is 2.63. The summed E-state index contributed by atoms with van der Waals surface area (Å²) >= 11 is 1.18. The number of aromatic nitrogens is 4. The molecule has 2 unspecified atom stereocenters. The number of ether oxygens (including phenoxy) is 2. The first-order valence-corrected chi connectivity index (χ1v) is 21.9. The number of benzene rings is 3. The number of urea groups is 1. The second kappa shape index (κ2) is 20.8. The largest absolute Gasteiger partial charge is 0.453 e. The molecular formula is C44H51F3N10O5S. The van der Waals surface area contributed by atoms with Gasteiger partial charge in [0.1, 0.15) is 29.4 Å². The Hall–Kier alpha value is -5.52. The number of fused-ring (bicyclic) bond motifs is 2. The SMILES string of the molecule is CN(CCO)SNc1ccc(F)c(Oc2ccc3nccnc3c2)c1C#N.Cn1nc(N2CCC(=O)NC2=O)c2cc(F)ccc21.FC1CCCCC1N1CCC2(CCCO2)CC1. The summed E-state index contributed by atoms with van der Waals surface area (Å²) in [4.78, 5) is 35.0. The van der Waals surface area contributed by atoms with Crippen molar-refractivity contribution in [2.24, 2.45) is 7.05 Å². The number of hydrogen-bond acceptors (Lipinski definition) is 13. The molecule has 15 nitrogen and oxygen atoms in total. The third kappa shape index (κ3) is 11.0. The van der Waals surface area contributed by atoms with Gasteiger partial charge in [-0.3, -0.25) is 34.6 Å². The van der Waals surface area contributed by atoms with E-state index in [2.05, 4.69) is 30.0 Å². The number of aryl methyl sites for hydroxylation is 1. The van der Waals surface area contributed by atoms with E-state index in [0.717, 1.165) is 57.3 Å². The highest BCUT2D eigenvalue weighted by atomic mass is 32.2. The van der Waals surface area contributed by atoms with E-state index in [0.29, 0.717) is 40.2 Å². The number of alkyl halides is 1. The van der Waals surface area contributed by atoms with E-state index in [9.17, 15) is 28.0 Å². The van der Waals surface area contributed by atoms with E-state index >= 15 is 0 Å². The van der Waals surface area contributed by atoms with Gasteiger partial charge in [-0.25, -0.2) is 22.3 Å². The maximum absolute atomic E-state index is 14.4. The molecule has 334 valence electrons. The lowest BCUT2D eigenvalue weighted by molar-refractivity contribution is -0.120. The van der Waals surface area contributed by atoms with E-state index in [4.69, 9.17) is 14.6 Å². The minimum atomic E-state index is -0.648. The van der Waals surface area contributed by atoms with Crippen LogP contribution in [0.4, 0.5) is 29.5 Å². The summed E-state index contributed by atoms with van der Waals surface area (Å²) in [5.74, 6) is -0.813. The number of carbonyl (C=O) groups is 2. The monoisotopic (exact) mass is 888 g/mol. The van der Waals surface area contributed by atoms with Crippen LogP contribution in [0.2, 0.25) is 0 Å². The number of nitrogens with one attached hydrogen (secondary N) is 2. The Labute approximate surface area is 367 Å². The number of carbonyl (C=O) groups excluding carboxylic acids is 2. The number of amides is 3. The Balaban J connectivity index is 0.000000146. The van der Waals surface area contributed by atoms with Crippen molar-refractivity contribution in [1.82, 2.24) is 34.3 Å². The first-order valence-electron chi connectivity index (χ1n) is 21.1. The number of hydrogen-bond donors (Lipinski definition) is 3. The van der Waals surface area contributed by atoms with E-state index in [1.54, 1.807) is 59.7 Å². The van der Waals surface area contributed by atoms with Gasteiger partial charge >= 0.3 is 6.03 Å². The standard InChI is InChI=1S/C18H16FN5O2S.C14H24FNO.C12H11FN4O2/c1-24(8-9-25)27-23-15-5-3-14(19)18(13(15)11-20)26-12-2-4-16-17(10-12)22-7-6-21-16;15-12-4-1-2-5-13(12)16-9-7-14(8-10-16)6-3-11-17-14;1-16-9-3-2-7(13)6-8(9)11(15-16)17-5-4-10(18)14-12(17)19/h2-7,10,23,25H,8-9H2,1H3;12-13H,1-11H2;2-3,6H,4-5H2,1H3,(H,14,18,19). The molecule has 3 aromatic carbocycles. The summed E-state index contributed by atoms with van der Waals surface area (Å²) in [5, 5.41) is 25.5. The number of nitrogens with zero attached hydrogens (tertiary/aromatic N) is 8. The van der Waals surface area contributed by atoms with Crippen LogP contribution in [0.1, 0.15) is 63.4 Å². The highest BCUT2D eigenvalue weighted by Gasteiger charge is 2.41. The molecule has 3 amide bonds. The van der Waals surface area contributed by atoms with Crippen LogP contribution in [0.25, 0.3) is 21.9 Å². The maximum atomic E-state index is 14.4. The summed E-state index contributed by atoms with van der Waals surface area (Å²) in [6.07, 6.45) is 11.6.